The van der Waals surface area contributed by atoms with E-state index in [4.69, 9.17) is 19.3 Å². The third-order valence-electron chi connectivity index (χ3n) is 2.45. The van der Waals surface area contributed by atoms with Crippen LogP contribution in [0.2, 0.25) is 0 Å². The fraction of sp³-hybridized carbons (Fsp3) is 0.357. The van der Waals surface area contributed by atoms with Gasteiger partial charge in [-0.3, -0.25) is 0 Å². The van der Waals surface area contributed by atoms with Crippen LogP contribution in [0.3, 0.4) is 0 Å². The quantitative estimate of drug-likeness (QED) is 0.802. The van der Waals surface area contributed by atoms with Crippen molar-refractivity contribution in [2.45, 2.75) is 13.8 Å². The van der Waals surface area contributed by atoms with Crippen molar-refractivity contribution in [3.8, 4) is 17.2 Å². The number of rotatable bonds is 6. The SMILES string of the molecule is COc1c(OCC=C(C)C)ccc(C(=O)O)c1OC. The van der Waals surface area contributed by atoms with Gasteiger partial charge in [-0.2, -0.15) is 0 Å². The lowest BCUT2D eigenvalue weighted by Crippen LogP contribution is -2.05. The Balaban J connectivity index is 3.12. The monoisotopic (exact) mass is 266 g/mol. The largest absolute Gasteiger partial charge is 0.492 e. The molecule has 5 nitrogen and oxygen atoms in total. The maximum Gasteiger partial charge on any atom is 0.339 e. The number of aromatic carboxylic acids is 1. The molecule has 1 rings (SSSR count). The van der Waals surface area contributed by atoms with Crippen molar-refractivity contribution < 1.29 is 24.1 Å². The van der Waals surface area contributed by atoms with Crippen LogP contribution >= 0.6 is 0 Å². The minimum atomic E-state index is -1.08. The molecule has 0 aliphatic rings. The van der Waals surface area contributed by atoms with E-state index in [1.807, 2.05) is 19.9 Å². The lowest BCUT2D eigenvalue weighted by molar-refractivity contribution is 0.0692. The second kappa shape index (κ2) is 6.68. The molecule has 0 bridgehead atoms. The normalized spacial score (nSPS) is 9.68. The molecule has 0 aromatic heterocycles. The first-order valence-electron chi connectivity index (χ1n) is 5.75. The van der Waals surface area contributed by atoms with Gasteiger partial charge in [0.15, 0.2) is 11.5 Å². The Morgan fingerprint density at radius 3 is 2.32 bits per heavy atom. The third kappa shape index (κ3) is 3.64. The summed E-state index contributed by atoms with van der Waals surface area (Å²) in [5.74, 6) is -0.192. The van der Waals surface area contributed by atoms with Gasteiger partial charge in [0.25, 0.3) is 0 Å². The smallest absolute Gasteiger partial charge is 0.339 e. The van der Waals surface area contributed by atoms with Crippen LogP contribution in [0.15, 0.2) is 23.8 Å². The minimum Gasteiger partial charge on any atom is -0.492 e. The van der Waals surface area contributed by atoms with Crippen molar-refractivity contribution in [1.82, 2.24) is 0 Å². The molecule has 0 aliphatic heterocycles. The van der Waals surface area contributed by atoms with Gasteiger partial charge in [0, 0.05) is 0 Å². The fourth-order valence-corrected chi connectivity index (χ4v) is 1.52. The highest BCUT2D eigenvalue weighted by atomic mass is 16.5. The molecular weight excluding hydrogens is 248 g/mol. The zero-order chi connectivity index (χ0) is 14.4. The Hall–Kier alpha value is -2.17. The van der Waals surface area contributed by atoms with Crippen molar-refractivity contribution in [1.29, 1.82) is 0 Å². The number of hydrogen-bond donors (Lipinski definition) is 1. The third-order valence-corrected chi connectivity index (χ3v) is 2.45. The van der Waals surface area contributed by atoms with Gasteiger partial charge in [-0.1, -0.05) is 5.57 Å². The Bertz CT molecular complexity index is 487. The van der Waals surface area contributed by atoms with E-state index in [-0.39, 0.29) is 17.1 Å². The Morgan fingerprint density at radius 1 is 1.21 bits per heavy atom. The summed E-state index contributed by atoms with van der Waals surface area (Å²) in [4.78, 5) is 11.1. The minimum absolute atomic E-state index is 0.0360. The van der Waals surface area contributed by atoms with Gasteiger partial charge in [-0.25, -0.2) is 4.79 Å². The summed E-state index contributed by atoms with van der Waals surface area (Å²) < 4.78 is 15.8. The molecule has 0 saturated heterocycles. The average molecular weight is 266 g/mol. The van der Waals surface area contributed by atoms with Crippen LogP contribution in [-0.2, 0) is 0 Å². The predicted octanol–water partition coefficient (Wildman–Crippen LogP) is 2.75. The van der Waals surface area contributed by atoms with Crippen molar-refractivity contribution in [3.05, 3.63) is 29.3 Å². The van der Waals surface area contributed by atoms with Gasteiger partial charge in [0.2, 0.25) is 5.75 Å². The van der Waals surface area contributed by atoms with Gasteiger partial charge < -0.3 is 19.3 Å². The van der Waals surface area contributed by atoms with E-state index in [2.05, 4.69) is 0 Å². The van der Waals surface area contributed by atoms with E-state index >= 15 is 0 Å². The Labute approximate surface area is 112 Å². The van der Waals surface area contributed by atoms with E-state index in [1.54, 1.807) is 6.07 Å². The zero-order valence-electron chi connectivity index (χ0n) is 11.5. The number of benzene rings is 1. The van der Waals surface area contributed by atoms with Crippen LogP contribution in [-0.4, -0.2) is 31.9 Å². The molecule has 0 heterocycles. The number of allylic oxidation sites excluding steroid dienone is 1. The number of hydrogen-bond acceptors (Lipinski definition) is 4. The molecule has 0 atom stereocenters. The number of methoxy groups -OCH3 is 2. The van der Waals surface area contributed by atoms with E-state index < -0.39 is 5.97 Å². The van der Waals surface area contributed by atoms with Crippen LogP contribution in [0.5, 0.6) is 17.2 Å². The van der Waals surface area contributed by atoms with Gasteiger partial charge in [0.05, 0.1) is 14.2 Å². The average Bonchev–Trinajstić information content (AvgIpc) is 2.36. The molecule has 5 heteroatoms. The molecule has 0 spiro atoms. The molecule has 0 fully saturated rings. The van der Waals surface area contributed by atoms with E-state index in [0.717, 1.165) is 5.57 Å². The Morgan fingerprint density at radius 2 is 1.84 bits per heavy atom. The maximum atomic E-state index is 11.1. The molecule has 1 aromatic carbocycles. The lowest BCUT2D eigenvalue weighted by Gasteiger charge is -2.14. The molecule has 19 heavy (non-hydrogen) atoms. The zero-order valence-corrected chi connectivity index (χ0v) is 11.5. The van der Waals surface area contributed by atoms with Gasteiger partial charge in [-0.05, 0) is 32.1 Å². The molecule has 0 amide bonds. The summed E-state index contributed by atoms with van der Waals surface area (Å²) in [7, 11) is 2.83. The molecule has 0 saturated carbocycles. The number of ether oxygens (including phenoxy) is 3. The van der Waals surface area contributed by atoms with E-state index in [0.29, 0.717) is 12.4 Å². The van der Waals surface area contributed by atoms with Crippen LogP contribution in [0.1, 0.15) is 24.2 Å². The molecule has 1 aromatic rings. The predicted molar refractivity (Wildman–Crippen MR) is 71.4 cm³/mol. The van der Waals surface area contributed by atoms with Crippen LogP contribution in [0, 0.1) is 0 Å². The summed E-state index contributed by atoms with van der Waals surface area (Å²) in [5.41, 5.74) is 1.17. The van der Waals surface area contributed by atoms with Crippen molar-refractivity contribution in [2.24, 2.45) is 0 Å². The molecule has 1 N–H and O–H groups in total. The topological polar surface area (TPSA) is 65.0 Å². The summed E-state index contributed by atoms with van der Waals surface area (Å²) in [6, 6.07) is 2.99. The first kappa shape index (κ1) is 14.9. The number of carboxylic acids is 1. The second-order valence-electron chi connectivity index (χ2n) is 4.08. The van der Waals surface area contributed by atoms with Gasteiger partial charge in [0.1, 0.15) is 12.2 Å². The summed E-state index contributed by atoms with van der Waals surface area (Å²) in [6.45, 7) is 4.32. The van der Waals surface area contributed by atoms with Crippen molar-refractivity contribution in [2.75, 3.05) is 20.8 Å². The van der Waals surface area contributed by atoms with E-state index in [1.165, 1.54) is 20.3 Å². The molecule has 0 unspecified atom stereocenters. The second-order valence-corrected chi connectivity index (χ2v) is 4.08. The lowest BCUT2D eigenvalue weighted by atomic mass is 10.1. The van der Waals surface area contributed by atoms with Crippen LogP contribution < -0.4 is 14.2 Å². The molecule has 104 valence electrons. The number of carboxylic acid groups (broad SMARTS) is 1. The maximum absolute atomic E-state index is 11.1. The molecule has 0 aliphatic carbocycles. The van der Waals surface area contributed by atoms with Crippen LogP contribution in [0.4, 0.5) is 0 Å². The summed E-state index contributed by atoms with van der Waals surface area (Å²) in [5, 5.41) is 9.07. The highest BCUT2D eigenvalue weighted by Gasteiger charge is 2.20. The van der Waals surface area contributed by atoms with Gasteiger partial charge in [-0.15, -0.1) is 0 Å². The van der Waals surface area contributed by atoms with Crippen molar-refractivity contribution >= 4 is 5.97 Å². The highest BCUT2D eigenvalue weighted by molar-refractivity contribution is 5.92. The summed E-state index contributed by atoms with van der Waals surface area (Å²) in [6.07, 6.45) is 1.91. The standard InChI is InChI=1S/C14H18O5/c1-9(2)7-8-19-11-6-5-10(14(15)16)12(17-3)13(11)18-4/h5-7H,8H2,1-4H3,(H,15,16). The summed E-state index contributed by atoms with van der Waals surface area (Å²) >= 11 is 0. The number of carbonyl (C=O) groups is 1. The van der Waals surface area contributed by atoms with Gasteiger partial charge >= 0.3 is 5.97 Å². The van der Waals surface area contributed by atoms with Crippen LogP contribution in [0.25, 0.3) is 0 Å². The van der Waals surface area contributed by atoms with E-state index in [9.17, 15) is 4.79 Å². The first-order valence-corrected chi connectivity index (χ1v) is 5.75. The fourth-order valence-electron chi connectivity index (χ4n) is 1.52. The first-order chi connectivity index (χ1) is 9.01. The molecule has 0 radical (unpaired) electrons. The highest BCUT2D eigenvalue weighted by Crippen LogP contribution is 2.39. The Kier molecular flexibility index (Phi) is 5.23. The van der Waals surface area contributed by atoms with Crippen molar-refractivity contribution in [3.63, 3.8) is 0 Å². The molecular formula is C14H18O5.